The van der Waals surface area contributed by atoms with E-state index in [9.17, 15) is 50.3 Å². The van der Waals surface area contributed by atoms with Crippen molar-refractivity contribution in [1.82, 2.24) is 55.0 Å². The predicted molar refractivity (Wildman–Crippen MR) is 403 cm³/mol. The maximum Gasteiger partial charge on any atom is 0.416 e. The van der Waals surface area contributed by atoms with Crippen molar-refractivity contribution in [3.63, 3.8) is 0 Å². The summed E-state index contributed by atoms with van der Waals surface area (Å²) in [7, 11) is 0. The van der Waals surface area contributed by atoms with E-state index < -0.39 is 82.7 Å². The summed E-state index contributed by atoms with van der Waals surface area (Å²) in [4.78, 5) is 102. The van der Waals surface area contributed by atoms with Crippen LogP contribution in [0.4, 0.5) is 63.0 Å². The molecule has 3 aliphatic heterocycles. The van der Waals surface area contributed by atoms with Crippen LogP contribution in [-0.2, 0) is 23.7 Å². The first-order chi connectivity index (χ1) is 50.1. The summed E-state index contributed by atoms with van der Waals surface area (Å²) in [6, 6.07) is 3.53. The number of carbonyl (C=O) groups is 5. The Morgan fingerprint density at radius 3 is 1.27 bits per heavy atom. The lowest BCUT2D eigenvalue weighted by Gasteiger charge is -2.39. The molecule has 596 valence electrons. The second-order valence-corrected chi connectivity index (χ2v) is 34.0. The summed E-state index contributed by atoms with van der Waals surface area (Å²) in [6.07, 6.45) is -3.42. The van der Waals surface area contributed by atoms with Gasteiger partial charge in [0.05, 0.1) is 31.5 Å². The Hall–Kier alpha value is -7.64. The number of nitrogens with two attached hydrogens (primary N) is 1. The first kappa shape index (κ1) is 86.0. The number of rotatable bonds is 16. The molecule has 8 heterocycles. The largest absolute Gasteiger partial charge is 0.471 e. The van der Waals surface area contributed by atoms with E-state index in [0.29, 0.717) is 53.8 Å². The van der Waals surface area contributed by atoms with E-state index >= 15 is 0 Å². The Balaban J connectivity index is 0.000000201. The second kappa shape index (κ2) is 35.6. The number of halogens is 7. The first-order valence-corrected chi connectivity index (χ1v) is 38.9. The van der Waals surface area contributed by atoms with Crippen molar-refractivity contribution in [1.29, 1.82) is 0 Å². The van der Waals surface area contributed by atoms with Crippen molar-refractivity contribution >= 4 is 103 Å². The number of nitrogens with zero attached hydrogens (tertiary/aromatic N) is 12. The Morgan fingerprint density at radius 2 is 0.917 bits per heavy atom. The van der Waals surface area contributed by atoms with Crippen LogP contribution in [0.25, 0.3) is 21.7 Å². The zero-order chi connectivity index (χ0) is 79.6. The van der Waals surface area contributed by atoms with Crippen molar-refractivity contribution in [2.24, 2.45) is 5.73 Å². The van der Waals surface area contributed by atoms with E-state index in [0.717, 1.165) is 29.5 Å². The summed E-state index contributed by atoms with van der Waals surface area (Å²) >= 11 is 10.8. The average molecular weight is 1640 g/mol. The van der Waals surface area contributed by atoms with Gasteiger partial charge in [0.2, 0.25) is 35.4 Å². The number of thiocarbonyl (C=S) groups is 1. The molecule has 4 amide bonds. The lowest BCUT2D eigenvalue weighted by molar-refractivity contribution is -0.114. The molecule has 5 aromatic heterocycles. The van der Waals surface area contributed by atoms with Crippen LogP contribution in [0, 0.1) is 13.8 Å². The molecule has 0 spiro atoms. The third-order valence-electron chi connectivity index (χ3n) is 16.6. The van der Waals surface area contributed by atoms with Gasteiger partial charge in [0, 0.05) is 110 Å². The van der Waals surface area contributed by atoms with E-state index in [1.807, 2.05) is 24.6 Å². The molecular weight excluding hydrogens is 1540 g/mol. The highest BCUT2D eigenvalue weighted by atomic mass is 79.9. The van der Waals surface area contributed by atoms with Crippen LogP contribution in [0.2, 0.25) is 0 Å². The molecule has 0 radical (unpaired) electrons. The van der Waals surface area contributed by atoms with Gasteiger partial charge in [0.1, 0.15) is 68.9 Å². The van der Waals surface area contributed by atoms with Gasteiger partial charge in [-0.05, 0) is 142 Å². The molecule has 3 aliphatic carbocycles. The zero-order valence-electron chi connectivity index (χ0n) is 63.5. The normalized spacial score (nSPS) is 18.4. The standard InChI is InChI=1S/C27H37F2N5O5S.C24H35F2N5O5S.C17H21F2N5OS.C3H5BrO/c1-16-15-40-22(30-16)21-31-19(12-20(32-21)37-18-13-33(14-18)23(35)38-25(2,3)4)34(24(36)39-26(5,6)7)17-8-10-27(28,29)11-9-17;1-22(2,3)35-20(32)30-12-15(13-30)34-17-11-16(28-19(29-17)18(27)37)31(21(33)36-23(4,5)6)14-7-9-24(25,26)10-8-14;1-10-9-26-16(21-10)15-23-13(6-14(24-15)25-12-7-20-8-12)22-11-2-4-17(18,19)5-3-11;1-3(5)2-4/h12,15,17-18H,8-11,13-14H2,1-7H3;11,14-15H,7-10,12-13H2,1-6H3,(H2,27,37);6,9,11-12,20H,2-5,7-8H2,1H3,(H,22,23,24);2H2,1H3. The Kier molecular flexibility index (Phi) is 28.3. The number of carbonyl (C=O) groups excluding carboxylic acids is 5. The van der Waals surface area contributed by atoms with Crippen molar-refractivity contribution in [3.05, 3.63) is 46.2 Å². The van der Waals surface area contributed by atoms with Gasteiger partial charge in [-0.2, -0.15) is 15.0 Å². The number of likely N-dealkylation sites (tertiary alicyclic amines) is 2. The fraction of sp³-hybridized carbons (Fsp3) is 0.662. The molecular formula is C71H98BrF6N15O12S3. The van der Waals surface area contributed by atoms with Gasteiger partial charge in [-0.15, -0.1) is 22.7 Å². The summed E-state index contributed by atoms with van der Waals surface area (Å²) < 4.78 is 122. The maximum absolute atomic E-state index is 14.0. The quantitative estimate of drug-likeness (QED) is 0.0358. The van der Waals surface area contributed by atoms with Gasteiger partial charge < -0.3 is 59.3 Å². The van der Waals surface area contributed by atoms with E-state index in [-0.39, 0.29) is 141 Å². The number of aryl methyl sites for hydroxylation is 2. The van der Waals surface area contributed by atoms with Gasteiger partial charge in [-0.25, -0.2) is 70.4 Å². The Morgan fingerprint density at radius 1 is 0.556 bits per heavy atom. The number of ether oxygens (including phenoxy) is 7. The van der Waals surface area contributed by atoms with Gasteiger partial charge in [0.25, 0.3) is 0 Å². The highest BCUT2D eigenvalue weighted by Gasteiger charge is 2.45. The Labute approximate surface area is 646 Å². The van der Waals surface area contributed by atoms with Gasteiger partial charge in [0.15, 0.2) is 27.5 Å². The second-order valence-electron chi connectivity index (χ2n) is 31.3. The minimum absolute atomic E-state index is 0.0198. The number of anilines is 3. The fourth-order valence-electron chi connectivity index (χ4n) is 11.2. The molecule has 3 saturated carbocycles. The highest BCUT2D eigenvalue weighted by molar-refractivity contribution is 9.09. The van der Waals surface area contributed by atoms with Crippen LogP contribution in [0.5, 0.6) is 17.6 Å². The first-order valence-electron chi connectivity index (χ1n) is 35.6. The van der Waals surface area contributed by atoms with Crippen molar-refractivity contribution < 1.29 is 83.5 Å². The lowest BCUT2D eigenvalue weighted by Crippen LogP contribution is -2.57. The molecule has 4 N–H and O–H groups in total. The molecule has 37 heteroatoms. The molecule has 0 bridgehead atoms. The van der Waals surface area contributed by atoms with E-state index in [4.69, 9.17) is 51.1 Å². The molecule has 11 rings (SSSR count). The van der Waals surface area contributed by atoms with Gasteiger partial charge >= 0.3 is 24.4 Å². The van der Waals surface area contributed by atoms with E-state index in [1.54, 1.807) is 89.2 Å². The fourth-order valence-corrected chi connectivity index (χ4v) is 12.8. The summed E-state index contributed by atoms with van der Waals surface area (Å²) in [5.74, 6) is -5.63. The monoisotopic (exact) mass is 1640 g/mol. The third-order valence-corrected chi connectivity index (χ3v) is 19.4. The molecule has 27 nitrogen and oxygen atoms in total. The van der Waals surface area contributed by atoms with Crippen LogP contribution < -0.4 is 40.4 Å². The number of aromatic nitrogens is 8. The molecule has 108 heavy (non-hydrogen) atoms. The molecule has 0 unspecified atom stereocenters. The van der Waals surface area contributed by atoms with Gasteiger partial charge in [-0.3, -0.25) is 14.6 Å². The third kappa shape index (κ3) is 26.8. The van der Waals surface area contributed by atoms with Crippen LogP contribution in [0.1, 0.15) is 184 Å². The number of thiazole rings is 2. The van der Waals surface area contributed by atoms with Crippen LogP contribution >= 0.6 is 50.8 Å². The minimum atomic E-state index is -2.79. The molecule has 6 fully saturated rings. The summed E-state index contributed by atoms with van der Waals surface area (Å²) in [5, 5.41) is 12.0. The lowest BCUT2D eigenvalue weighted by atomic mass is 9.91. The number of hydrogen-bond acceptors (Lipinski definition) is 25. The SMILES string of the molecule is CC(=O)CBr.CC(C)(C)OC(=O)N1CC(Oc2cc(N(C(=O)OC(C)(C)C)C3CCC(F)(F)CC3)nc(C(N)=S)n2)C1.Cc1csc(-c2nc(NC3CCC(F)(F)CC3)cc(OC3CNC3)n2)n1.Cc1csc(-c2nc(OC3CN(C(=O)OC(C)(C)C)C3)cc(N(C(=O)OC(C)(C)C)C3CCC(F)(F)CC3)n2)n1. The number of ketones is 1. The minimum Gasteiger partial charge on any atom is -0.471 e. The van der Waals surface area contributed by atoms with Crippen LogP contribution in [0.3, 0.4) is 0 Å². The van der Waals surface area contributed by atoms with Crippen LogP contribution in [-0.4, -0.2) is 206 Å². The smallest absolute Gasteiger partial charge is 0.416 e. The molecule has 5 aromatic rings. The van der Waals surface area contributed by atoms with E-state index in [2.05, 4.69) is 66.4 Å². The van der Waals surface area contributed by atoms with E-state index in [1.165, 1.54) is 61.3 Å². The maximum atomic E-state index is 14.0. The predicted octanol–water partition coefficient (Wildman–Crippen LogP) is 14.9. The Bertz CT molecular complexity index is 3920. The molecule has 0 aromatic carbocycles. The number of Topliss-reactive ketones (excluding diaryl/α,β-unsaturated/α-hetero) is 1. The number of nitrogens with one attached hydrogen (secondary N) is 2. The number of hydrogen-bond donors (Lipinski definition) is 3. The summed E-state index contributed by atoms with van der Waals surface area (Å²) in [5.41, 5.74) is 4.60. The van der Waals surface area contributed by atoms with Crippen molar-refractivity contribution in [2.75, 3.05) is 59.7 Å². The number of amides is 4. The highest BCUT2D eigenvalue weighted by Crippen LogP contribution is 2.41. The van der Waals surface area contributed by atoms with Crippen LogP contribution in [0.15, 0.2) is 29.0 Å². The average Bonchev–Trinajstić information content (AvgIpc) is 0.945. The number of alkyl halides is 7. The molecule has 6 aliphatic rings. The zero-order valence-corrected chi connectivity index (χ0v) is 67.5. The van der Waals surface area contributed by atoms with Crippen molar-refractivity contribution in [3.8, 4) is 39.3 Å². The summed E-state index contributed by atoms with van der Waals surface area (Å²) in [6.45, 7) is 29.1. The topological polar surface area (TPSA) is 316 Å². The molecule has 0 atom stereocenters. The molecule has 3 saturated heterocycles. The van der Waals surface area contributed by atoms with Crippen molar-refractivity contribution in [2.45, 2.75) is 258 Å². The van der Waals surface area contributed by atoms with Gasteiger partial charge in [-0.1, -0.05) is 28.1 Å².